The van der Waals surface area contributed by atoms with Crippen molar-refractivity contribution < 1.29 is 17.6 Å². The number of carbonyl (C=O) groups is 1. The molecule has 0 aliphatic carbocycles. The van der Waals surface area contributed by atoms with Gasteiger partial charge in [0.15, 0.2) is 0 Å². The third-order valence-corrected chi connectivity index (χ3v) is 7.36. The molecule has 0 unspecified atom stereocenters. The Morgan fingerprint density at radius 3 is 2.45 bits per heavy atom. The molecule has 7 heteroatoms. The van der Waals surface area contributed by atoms with Gasteiger partial charge in [-0.15, -0.1) is 0 Å². The smallest absolute Gasteiger partial charge is 0.244 e. The normalized spacial score (nSPS) is 16.5. The SMILES string of the molecule is Cc1ccc(S(=O)(=O)N2Cc3ccccc3C[C@@H]2C(=O)NCc2cccc(F)c2)cc1. The molecule has 5 nitrogen and oxygen atoms in total. The number of hydrogen-bond donors (Lipinski definition) is 1. The first-order valence-electron chi connectivity index (χ1n) is 10.0. The molecular weight excluding hydrogens is 415 g/mol. The number of nitrogens with zero attached hydrogens (tertiary/aromatic N) is 1. The lowest BCUT2D eigenvalue weighted by Crippen LogP contribution is -2.52. The van der Waals surface area contributed by atoms with Crippen LogP contribution in [0.1, 0.15) is 22.3 Å². The van der Waals surface area contributed by atoms with Gasteiger partial charge in [-0.05, 0) is 54.3 Å². The molecule has 3 aromatic rings. The zero-order valence-corrected chi connectivity index (χ0v) is 17.9. The van der Waals surface area contributed by atoms with Crippen molar-refractivity contribution in [3.05, 3.63) is 101 Å². The second-order valence-electron chi connectivity index (χ2n) is 7.70. The summed E-state index contributed by atoms with van der Waals surface area (Å²) in [5.74, 6) is -0.795. The Balaban J connectivity index is 1.64. The van der Waals surface area contributed by atoms with Crippen molar-refractivity contribution in [1.82, 2.24) is 9.62 Å². The van der Waals surface area contributed by atoms with Crippen LogP contribution in [0.25, 0.3) is 0 Å². The van der Waals surface area contributed by atoms with Gasteiger partial charge < -0.3 is 5.32 Å². The van der Waals surface area contributed by atoms with Crippen molar-refractivity contribution in [2.24, 2.45) is 0 Å². The van der Waals surface area contributed by atoms with Gasteiger partial charge in [-0.25, -0.2) is 12.8 Å². The Labute approximate surface area is 181 Å². The number of nitrogens with one attached hydrogen (secondary N) is 1. The Morgan fingerprint density at radius 1 is 1.03 bits per heavy atom. The summed E-state index contributed by atoms with van der Waals surface area (Å²) < 4.78 is 41.6. The van der Waals surface area contributed by atoms with Gasteiger partial charge in [-0.3, -0.25) is 4.79 Å². The molecule has 0 aromatic heterocycles. The molecule has 3 aromatic carbocycles. The van der Waals surface area contributed by atoms with E-state index in [-0.39, 0.29) is 30.2 Å². The molecule has 1 atom stereocenters. The number of fused-ring (bicyclic) bond motifs is 1. The number of benzene rings is 3. The van der Waals surface area contributed by atoms with Crippen molar-refractivity contribution in [3.63, 3.8) is 0 Å². The first-order chi connectivity index (χ1) is 14.8. The van der Waals surface area contributed by atoms with E-state index in [1.807, 2.05) is 31.2 Å². The Bertz CT molecular complexity index is 1210. The summed E-state index contributed by atoms with van der Waals surface area (Å²) in [6.45, 7) is 2.12. The highest BCUT2D eigenvalue weighted by Crippen LogP contribution is 2.29. The minimum atomic E-state index is -3.89. The molecule has 1 amide bonds. The zero-order valence-electron chi connectivity index (χ0n) is 17.1. The van der Waals surface area contributed by atoms with Crippen LogP contribution in [-0.2, 0) is 34.3 Å². The van der Waals surface area contributed by atoms with Gasteiger partial charge in [0.25, 0.3) is 0 Å². The van der Waals surface area contributed by atoms with Crippen LogP contribution in [0.5, 0.6) is 0 Å². The monoisotopic (exact) mass is 438 g/mol. The minimum absolute atomic E-state index is 0.116. The van der Waals surface area contributed by atoms with Crippen molar-refractivity contribution in [3.8, 4) is 0 Å². The lowest BCUT2D eigenvalue weighted by Gasteiger charge is -2.35. The number of halogens is 1. The largest absolute Gasteiger partial charge is 0.351 e. The fourth-order valence-electron chi connectivity index (χ4n) is 3.77. The number of sulfonamides is 1. The maximum absolute atomic E-state index is 13.4. The Kier molecular flexibility index (Phi) is 5.89. The highest BCUT2D eigenvalue weighted by Gasteiger charge is 2.39. The minimum Gasteiger partial charge on any atom is -0.351 e. The van der Waals surface area contributed by atoms with E-state index in [9.17, 15) is 17.6 Å². The number of carbonyl (C=O) groups excluding carboxylic acids is 1. The third kappa shape index (κ3) is 4.52. The van der Waals surface area contributed by atoms with E-state index in [2.05, 4.69) is 5.32 Å². The van der Waals surface area contributed by atoms with Gasteiger partial charge in [0.1, 0.15) is 11.9 Å². The Morgan fingerprint density at radius 2 is 1.74 bits per heavy atom. The fourth-order valence-corrected chi connectivity index (χ4v) is 5.34. The van der Waals surface area contributed by atoms with Crippen LogP contribution in [-0.4, -0.2) is 24.7 Å². The van der Waals surface area contributed by atoms with Gasteiger partial charge in [0, 0.05) is 13.1 Å². The third-order valence-electron chi connectivity index (χ3n) is 5.49. The maximum Gasteiger partial charge on any atom is 0.244 e. The van der Waals surface area contributed by atoms with Gasteiger partial charge >= 0.3 is 0 Å². The molecule has 0 spiro atoms. The second kappa shape index (κ2) is 8.61. The van der Waals surface area contributed by atoms with Crippen molar-refractivity contribution in [2.75, 3.05) is 0 Å². The summed E-state index contributed by atoms with van der Waals surface area (Å²) in [6.07, 6.45) is 0.274. The zero-order chi connectivity index (χ0) is 22.0. The van der Waals surface area contributed by atoms with E-state index < -0.39 is 22.0 Å². The lowest BCUT2D eigenvalue weighted by molar-refractivity contribution is -0.125. The van der Waals surface area contributed by atoms with E-state index in [1.54, 1.807) is 36.4 Å². The van der Waals surface area contributed by atoms with E-state index in [0.717, 1.165) is 16.7 Å². The second-order valence-corrected chi connectivity index (χ2v) is 9.59. The molecule has 0 saturated heterocycles. The van der Waals surface area contributed by atoms with Crippen LogP contribution in [0.15, 0.2) is 77.7 Å². The average Bonchev–Trinajstić information content (AvgIpc) is 2.77. The lowest BCUT2D eigenvalue weighted by atomic mass is 9.95. The predicted molar refractivity (Wildman–Crippen MR) is 116 cm³/mol. The fraction of sp³-hybridized carbons (Fsp3) is 0.208. The molecular formula is C24H23FN2O3S. The van der Waals surface area contributed by atoms with Crippen molar-refractivity contribution >= 4 is 15.9 Å². The van der Waals surface area contributed by atoms with Gasteiger partial charge in [0.05, 0.1) is 4.90 Å². The molecule has 0 fully saturated rings. The van der Waals surface area contributed by atoms with E-state index in [4.69, 9.17) is 0 Å². The molecule has 31 heavy (non-hydrogen) atoms. The number of hydrogen-bond acceptors (Lipinski definition) is 3. The van der Waals surface area contributed by atoms with E-state index in [1.165, 1.54) is 16.4 Å². The maximum atomic E-state index is 13.4. The number of rotatable bonds is 5. The average molecular weight is 439 g/mol. The summed E-state index contributed by atoms with van der Waals surface area (Å²) in [5, 5.41) is 2.78. The highest BCUT2D eigenvalue weighted by molar-refractivity contribution is 7.89. The van der Waals surface area contributed by atoms with Crippen LogP contribution in [0.2, 0.25) is 0 Å². The van der Waals surface area contributed by atoms with Gasteiger partial charge in [-0.2, -0.15) is 4.31 Å². The van der Waals surface area contributed by atoms with Crippen molar-refractivity contribution in [1.29, 1.82) is 0 Å². The molecule has 1 aliphatic rings. The van der Waals surface area contributed by atoms with Crippen LogP contribution in [0, 0.1) is 12.7 Å². The summed E-state index contributed by atoms with van der Waals surface area (Å²) >= 11 is 0. The molecule has 160 valence electrons. The molecule has 1 N–H and O–H groups in total. The van der Waals surface area contributed by atoms with Crippen LogP contribution in [0.3, 0.4) is 0 Å². The summed E-state index contributed by atoms with van der Waals surface area (Å²) in [4.78, 5) is 13.3. The summed E-state index contributed by atoms with van der Waals surface area (Å²) in [6, 6.07) is 19.2. The van der Waals surface area contributed by atoms with Crippen LogP contribution >= 0.6 is 0 Å². The molecule has 1 aliphatic heterocycles. The standard InChI is InChI=1S/C24H23FN2O3S/c1-17-9-11-22(12-10-17)31(29,30)27-16-20-7-3-2-6-19(20)14-23(27)24(28)26-15-18-5-4-8-21(25)13-18/h2-13,23H,14-16H2,1H3,(H,26,28)/t23-/m1/s1. The molecule has 0 bridgehead atoms. The molecule has 4 rings (SSSR count). The summed E-state index contributed by atoms with van der Waals surface area (Å²) in [7, 11) is -3.89. The quantitative estimate of drug-likeness (QED) is 0.662. The first-order valence-corrected chi connectivity index (χ1v) is 11.5. The Hall–Kier alpha value is -3.03. The van der Waals surface area contributed by atoms with Gasteiger partial charge in [-0.1, -0.05) is 54.1 Å². The van der Waals surface area contributed by atoms with Crippen LogP contribution in [0.4, 0.5) is 4.39 Å². The first kappa shape index (κ1) is 21.2. The molecule has 0 radical (unpaired) electrons. The number of amides is 1. The predicted octanol–water partition coefficient (Wildman–Crippen LogP) is 3.57. The highest BCUT2D eigenvalue weighted by atomic mass is 32.2. The van der Waals surface area contributed by atoms with E-state index in [0.29, 0.717) is 5.56 Å². The van der Waals surface area contributed by atoms with Crippen LogP contribution < -0.4 is 5.32 Å². The molecule has 1 heterocycles. The van der Waals surface area contributed by atoms with Crippen molar-refractivity contribution in [2.45, 2.75) is 37.4 Å². The molecule has 0 saturated carbocycles. The topological polar surface area (TPSA) is 66.5 Å². The van der Waals surface area contributed by atoms with Gasteiger partial charge in [0.2, 0.25) is 15.9 Å². The summed E-state index contributed by atoms with van der Waals surface area (Å²) in [5.41, 5.74) is 3.39. The number of aryl methyl sites for hydroxylation is 1. The van der Waals surface area contributed by atoms with E-state index >= 15 is 0 Å².